The van der Waals surface area contributed by atoms with Crippen LogP contribution in [-0.2, 0) is 22.8 Å². The first-order chi connectivity index (χ1) is 7.59. The molecule has 0 saturated carbocycles. The molecule has 0 aromatic heterocycles. The maximum Gasteiger partial charge on any atom is -1.00 e. The van der Waals surface area contributed by atoms with Crippen LogP contribution in [0.25, 0.3) is 0 Å². The van der Waals surface area contributed by atoms with Gasteiger partial charge in [0.25, 0.3) is 0 Å². The van der Waals surface area contributed by atoms with Crippen LogP contribution >= 0.6 is 0 Å². The fourth-order valence-corrected chi connectivity index (χ4v) is 5.42. The summed E-state index contributed by atoms with van der Waals surface area (Å²) in [5.41, 5.74) is 6.35. The Bertz CT molecular complexity index is 473. The minimum atomic E-state index is -0.396. The van der Waals surface area contributed by atoms with Crippen molar-refractivity contribution in [3.63, 3.8) is 0 Å². The van der Waals surface area contributed by atoms with E-state index in [1.165, 1.54) is 6.42 Å². The van der Waals surface area contributed by atoms with Crippen LogP contribution in [0.5, 0.6) is 0 Å². The molecule has 18 heavy (non-hydrogen) atoms. The summed E-state index contributed by atoms with van der Waals surface area (Å²) in [7, 11) is 0. The van der Waals surface area contributed by atoms with Crippen LogP contribution in [0.3, 0.4) is 0 Å². The van der Waals surface area contributed by atoms with Crippen molar-refractivity contribution in [3.05, 3.63) is 43.8 Å². The van der Waals surface area contributed by atoms with Gasteiger partial charge in [-0.15, -0.1) is 0 Å². The molecule has 0 aromatic rings. The summed E-state index contributed by atoms with van der Waals surface area (Å²) < 4.78 is 3.48. The van der Waals surface area contributed by atoms with Crippen molar-refractivity contribution in [1.82, 2.24) is 0 Å². The SMILES string of the molecule is C[C](C)=[Zr+2][C]1=C(C)C(C)=C(C2=CC=CC2)C1.[Cl-].[Cl-]. The van der Waals surface area contributed by atoms with Crippen LogP contribution < -0.4 is 24.8 Å². The zero-order valence-corrected chi connectivity index (χ0v) is 15.4. The van der Waals surface area contributed by atoms with Gasteiger partial charge in [0.15, 0.2) is 0 Å². The van der Waals surface area contributed by atoms with E-state index in [0.717, 1.165) is 6.42 Å². The smallest absolute Gasteiger partial charge is 1.00 e. The molecule has 3 heteroatoms. The second kappa shape index (κ2) is 7.78. The zero-order valence-electron chi connectivity index (χ0n) is 11.4. The summed E-state index contributed by atoms with van der Waals surface area (Å²) in [5.74, 6) is 0. The first-order valence-corrected chi connectivity index (χ1v) is 8.38. The van der Waals surface area contributed by atoms with Gasteiger partial charge in [0, 0.05) is 0 Å². The Kier molecular flexibility index (Phi) is 7.91. The van der Waals surface area contributed by atoms with Gasteiger partial charge < -0.3 is 24.8 Å². The molecule has 0 radical (unpaired) electrons. The van der Waals surface area contributed by atoms with Crippen molar-refractivity contribution in [2.75, 3.05) is 0 Å². The molecule has 2 aliphatic rings. The maximum absolute atomic E-state index is 2.32. The first-order valence-electron chi connectivity index (χ1n) is 5.92. The molecular weight excluding hydrogens is 342 g/mol. The third-order valence-corrected chi connectivity index (χ3v) is 6.71. The molecule has 0 amide bonds. The summed E-state index contributed by atoms with van der Waals surface area (Å²) in [4.78, 5) is 0. The van der Waals surface area contributed by atoms with Crippen LogP contribution in [0, 0.1) is 0 Å². The second-order valence-electron chi connectivity index (χ2n) is 4.83. The van der Waals surface area contributed by atoms with Crippen molar-refractivity contribution in [2.45, 2.75) is 40.5 Å². The van der Waals surface area contributed by atoms with E-state index in [4.69, 9.17) is 0 Å². The molecule has 97 valence electrons. The quantitative estimate of drug-likeness (QED) is 0.543. The van der Waals surface area contributed by atoms with Gasteiger partial charge in [0.2, 0.25) is 0 Å². The second-order valence-corrected chi connectivity index (χ2v) is 9.39. The number of rotatable bonds is 2. The Morgan fingerprint density at radius 2 is 1.78 bits per heavy atom. The zero-order chi connectivity index (χ0) is 11.7. The molecule has 0 aliphatic heterocycles. The largest absolute Gasteiger partial charge is 1.00 e. The molecule has 0 atom stereocenters. The van der Waals surface area contributed by atoms with E-state index in [0.29, 0.717) is 0 Å². The fourth-order valence-electron chi connectivity index (χ4n) is 2.36. The van der Waals surface area contributed by atoms with Crippen LogP contribution in [0.1, 0.15) is 40.5 Å². The number of halogens is 2. The molecule has 0 fully saturated rings. The van der Waals surface area contributed by atoms with Crippen molar-refractivity contribution in [2.24, 2.45) is 0 Å². The van der Waals surface area contributed by atoms with Crippen LogP contribution in [0.4, 0.5) is 0 Å². The maximum atomic E-state index is 2.32. The number of allylic oxidation sites excluding steroid dienone is 8. The minimum Gasteiger partial charge on any atom is -1.00 e. The van der Waals surface area contributed by atoms with E-state index >= 15 is 0 Å². The van der Waals surface area contributed by atoms with Gasteiger partial charge in [-0.05, 0) is 0 Å². The third kappa shape index (κ3) is 3.89. The first kappa shape index (κ1) is 18.3. The molecule has 0 N–H and O–H groups in total. The van der Waals surface area contributed by atoms with E-state index in [1.807, 2.05) is 0 Å². The average Bonchev–Trinajstić information content (AvgIpc) is 2.81. The summed E-state index contributed by atoms with van der Waals surface area (Å²) in [5, 5.41) is 0. The summed E-state index contributed by atoms with van der Waals surface area (Å²) >= 11 is -0.396. The molecule has 0 spiro atoms. The van der Waals surface area contributed by atoms with Crippen LogP contribution in [0.15, 0.2) is 43.8 Å². The van der Waals surface area contributed by atoms with E-state index in [1.54, 1.807) is 28.8 Å². The average molecular weight is 361 g/mol. The predicted molar refractivity (Wildman–Crippen MR) is 68.2 cm³/mol. The summed E-state index contributed by atoms with van der Waals surface area (Å²) in [6, 6.07) is 0. The molecule has 0 heterocycles. The van der Waals surface area contributed by atoms with Crippen molar-refractivity contribution in [3.8, 4) is 0 Å². The van der Waals surface area contributed by atoms with E-state index in [-0.39, 0.29) is 24.8 Å². The normalized spacial score (nSPS) is 17.2. The molecule has 0 aromatic carbocycles. The summed E-state index contributed by atoms with van der Waals surface area (Å²) in [6.07, 6.45) is 9.15. The van der Waals surface area contributed by atoms with Gasteiger partial charge in [0.05, 0.1) is 0 Å². The van der Waals surface area contributed by atoms with E-state index < -0.39 is 22.8 Å². The van der Waals surface area contributed by atoms with Gasteiger partial charge in [0.1, 0.15) is 0 Å². The molecular formula is C15H19Cl2Zr. The minimum absolute atomic E-state index is 0. The monoisotopic (exact) mass is 359 g/mol. The van der Waals surface area contributed by atoms with Gasteiger partial charge in [-0.3, -0.25) is 0 Å². The van der Waals surface area contributed by atoms with Gasteiger partial charge in [-0.25, -0.2) is 0 Å². The standard InChI is InChI=1S/C12H13.C3H6.2ClH.Zr/c1-9-7-8-12(10(9)2)11-5-3-4-6-11;1-3-2;;;/h3-5H,6,8H2,1-2H3;1-2H3;2*1H;/q;;;;+2/p-2. The predicted octanol–water partition coefficient (Wildman–Crippen LogP) is -1.83. The Morgan fingerprint density at radius 1 is 1.11 bits per heavy atom. The number of hydrogen-bond donors (Lipinski definition) is 0. The molecule has 0 bridgehead atoms. The van der Waals surface area contributed by atoms with Gasteiger partial charge >= 0.3 is 110 Å². The fraction of sp³-hybridized carbons (Fsp3) is 0.400. The van der Waals surface area contributed by atoms with E-state index in [2.05, 4.69) is 45.9 Å². The van der Waals surface area contributed by atoms with Crippen LogP contribution in [-0.4, -0.2) is 3.21 Å². The topological polar surface area (TPSA) is 0 Å². The summed E-state index contributed by atoms with van der Waals surface area (Å²) in [6.45, 7) is 9.23. The molecule has 2 rings (SSSR count). The Hall–Kier alpha value is 0.293. The Morgan fingerprint density at radius 3 is 2.28 bits per heavy atom. The van der Waals surface area contributed by atoms with Crippen molar-refractivity contribution < 1.29 is 47.6 Å². The van der Waals surface area contributed by atoms with Crippen LogP contribution in [0.2, 0.25) is 0 Å². The van der Waals surface area contributed by atoms with Gasteiger partial charge in [-0.2, -0.15) is 0 Å². The molecule has 0 saturated heterocycles. The van der Waals surface area contributed by atoms with E-state index in [9.17, 15) is 0 Å². The molecule has 2 aliphatic carbocycles. The third-order valence-electron chi connectivity index (χ3n) is 3.38. The van der Waals surface area contributed by atoms with Gasteiger partial charge in [-0.1, -0.05) is 0 Å². The Balaban J connectivity index is 0.00000144. The Labute approximate surface area is 134 Å². The van der Waals surface area contributed by atoms with Crippen molar-refractivity contribution >= 4 is 3.21 Å². The molecule has 0 nitrogen and oxygen atoms in total. The number of hydrogen-bond acceptors (Lipinski definition) is 0. The molecule has 0 unspecified atom stereocenters. The van der Waals surface area contributed by atoms with Crippen molar-refractivity contribution in [1.29, 1.82) is 0 Å².